The lowest BCUT2D eigenvalue weighted by Crippen LogP contribution is -2.48. The Labute approximate surface area is 142 Å². The lowest BCUT2D eigenvalue weighted by molar-refractivity contribution is -0.139. The number of hydrogen-bond acceptors (Lipinski definition) is 4. The number of sulfone groups is 1. The fraction of sp³-hybridized carbons (Fsp3) is 0.706. The molecule has 2 fully saturated rings. The second-order valence-electron chi connectivity index (χ2n) is 6.73. The molecule has 3 rings (SSSR count). The van der Waals surface area contributed by atoms with Crippen LogP contribution in [-0.2, 0) is 21.1 Å². The number of rotatable bonds is 4. The average Bonchev–Trinajstić information content (AvgIpc) is 3.06. The van der Waals surface area contributed by atoms with Gasteiger partial charge in [-0.3, -0.25) is 4.79 Å². The molecule has 1 aromatic rings. The normalized spacial score (nSPS) is 25.4. The van der Waals surface area contributed by atoms with Crippen molar-refractivity contribution in [3.63, 3.8) is 0 Å². The van der Waals surface area contributed by atoms with Crippen molar-refractivity contribution in [3.05, 3.63) is 22.4 Å². The van der Waals surface area contributed by atoms with Gasteiger partial charge in [-0.25, -0.2) is 8.42 Å². The van der Waals surface area contributed by atoms with E-state index in [0.717, 1.165) is 32.2 Å². The number of likely N-dealkylation sites (tertiary alicyclic amines) is 1. The Balaban J connectivity index is 1.60. The van der Waals surface area contributed by atoms with Crippen LogP contribution in [0, 0.1) is 5.92 Å². The molecule has 2 aliphatic heterocycles. The molecular formula is C17H25NO3S2. The maximum Gasteiger partial charge on any atom is 0.225 e. The molecule has 1 atom stereocenters. The highest BCUT2D eigenvalue weighted by atomic mass is 32.2. The van der Waals surface area contributed by atoms with E-state index in [9.17, 15) is 13.2 Å². The van der Waals surface area contributed by atoms with Gasteiger partial charge in [0.25, 0.3) is 0 Å². The lowest BCUT2D eigenvalue weighted by atomic mass is 9.93. The Kier molecular flexibility index (Phi) is 5.42. The first-order valence-electron chi connectivity index (χ1n) is 8.58. The van der Waals surface area contributed by atoms with Crippen molar-refractivity contribution in [3.8, 4) is 0 Å². The summed E-state index contributed by atoms with van der Waals surface area (Å²) >= 11 is 1.78. The second-order valence-corrected chi connectivity index (χ2v) is 10.1. The van der Waals surface area contributed by atoms with Gasteiger partial charge in [0, 0.05) is 23.4 Å². The van der Waals surface area contributed by atoms with Crippen molar-refractivity contribution in [1.29, 1.82) is 0 Å². The summed E-state index contributed by atoms with van der Waals surface area (Å²) in [5.41, 5.74) is 0. The van der Waals surface area contributed by atoms with Gasteiger partial charge in [0.05, 0.1) is 11.5 Å². The molecule has 2 aliphatic rings. The van der Waals surface area contributed by atoms with E-state index >= 15 is 0 Å². The molecule has 128 valence electrons. The number of carbonyl (C=O) groups excluding carboxylic acids is 1. The molecule has 23 heavy (non-hydrogen) atoms. The zero-order chi connectivity index (χ0) is 16.3. The molecule has 2 saturated heterocycles. The summed E-state index contributed by atoms with van der Waals surface area (Å²) < 4.78 is 23.1. The SMILES string of the molecule is O=C(C1CCS(=O)(=O)CC1)N1CCCCC1CCc1cccs1. The van der Waals surface area contributed by atoms with Crippen molar-refractivity contribution in [2.45, 2.75) is 51.0 Å². The van der Waals surface area contributed by atoms with Crippen LogP contribution in [0.5, 0.6) is 0 Å². The molecular weight excluding hydrogens is 330 g/mol. The average molecular weight is 356 g/mol. The topological polar surface area (TPSA) is 54.5 Å². The Morgan fingerprint density at radius 2 is 2.00 bits per heavy atom. The standard InChI is InChI=1S/C17H25NO3S2/c19-17(14-8-12-23(20,21)13-9-14)18-10-2-1-4-15(18)6-7-16-5-3-11-22-16/h3,5,11,14-15H,1-2,4,6-10,12-13H2. The predicted molar refractivity (Wildman–Crippen MR) is 93.4 cm³/mol. The summed E-state index contributed by atoms with van der Waals surface area (Å²) in [6.45, 7) is 0.844. The third kappa shape index (κ3) is 4.35. The van der Waals surface area contributed by atoms with Crippen LogP contribution in [0.2, 0.25) is 0 Å². The summed E-state index contributed by atoms with van der Waals surface area (Å²) in [4.78, 5) is 16.3. The zero-order valence-corrected chi connectivity index (χ0v) is 15.1. The van der Waals surface area contributed by atoms with Crippen molar-refractivity contribution >= 4 is 27.1 Å². The molecule has 6 heteroatoms. The van der Waals surface area contributed by atoms with Gasteiger partial charge in [0.1, 0.15) is 9.84 Å². The van der Waals surface area contributed by atoms with Crippen molar-refractivity contribution < 1.29 is 13.2 Å². The van der Waals surface area contributed by atoms with E-state index in [4.69, 9.17) is 0 Å². The summed E-state index contributed by atoms with van der Waals surface area (Å²) in [5, 5.41) is 2.10. The molecule has 0 spiro atoms. The van der Waals surface area contributed by atoms with Gasteiger partial charge in [0.15, 0.2) is 0 Å². The molecule has 1 amide bonds. The van der Waals surface area contributed by atoms with Crippen LogP contribution >= 0.6 is 11.3 Å². The highest BCUT2D eigenvalue weighted by molar-refractivity contribution is 7.91. The van der Waals surface area contributed by atoms with Crippen LogP contribution in [0.1, 0.15) is 43.4 Å². The number of carbonyl (C=O) groups is 1. The summed E-state index contributed by atoms with van der Waals surface area (Å²) in [5.74, 6) is 0.477. The van der Waals surface area contributed by atoms with Gasteiger partial charge >= 0.3 is 0 Å². The van der Waals surface area contributed by atoms with Crippen LogP contribution in [0.4, 0.5) is 0 Å². The Morgan fingerprint density at radius 3 is 2.70 bits per heavy atom. The highest BCUT2D eigenvalue weighted by Crippen LogP contribution is 2.28. The largest absolute Gasteiger partial charge is 0.339 e. The molecule has 1 aromatic heterocycles. The fourth-order valence-electron chi connectivity index (χ4n) is 3.73. The Bertz CT molecular complexity index is 610. The number of thiophene rings is 1. The van der Waals surface area contributed by atoms with Crippen LogP contribution in [0.25, 0.3) is 0 Å². The maximum absolute atomic E-state index is 12.9. The van der Waals surface area contributed by atoms with Gasteiger partial charge in [-0.15, -0.1) is 11.3 Å². The quantitative estimate of drug-likeness (QED) is 0.834. The van der Waals surface area contributed by atoms with Crippen molar-refractivity contribution in [2.24, 2.45) is 5.92 Å². The number of aryl methyl sites for hydroxylation is 1. The van der Waals surface area contributed by atoms with Gasteiger partial charge in [0.2, 0.25) is 5.91 Å². The summed E-state index contributed by atoms with van der Waals surface area (Å²) in [6, 6.07) is 4.56. The molecule has 3 heterocycles. The third-order valence-electron chi connectivity index (χ3n) is 5.12. The molecule has 4 nitrogen and oxygen atoms in total. The van der Waals surface area contributed by atoms with E-state index in [1.54, 1.807) is 11.3 Å². The van der Waals surface area contributed by atoms with Gasteiger partial charge in [-0.2, -0.15) is 0 Å². The minimum Gasteiger partial charge on any atom is -0.339 e. The van der Waals surface area contributed by atoms with E-state index < -0.39 is 9.84 Å². The van der Waals surface area contributed by atoms with Crippen molar-refractivity contribution in [1.82, 2.24) is 4.90 Å². The summed E-state index contributed by atoms with van der Waals surface area (Å²) in [7, 11) is -2.90. The van der Waals surface area contributed by atoms with Gasteiger partial charge in [-0.1, -0.05) is 6.07 Å². The molecule has 0 radical (unpaired) electrons. The van der Waals surface area contributed by atoms with Crippen LogP contribution in [0.15, 0.2) is 17.5 Å². The Morgan fingerprint density at radius 1 is 1.22 bits per heavy atom. The molecule has 0 saturated carbocycles. The highest BCUT2D eigenvalue weighted by Gasteiger charge is 2.34. The van der Waals surface area contributed by atoms with E-state index in [0.29, 0.717) is 18.9 Å². The van der Waals surface area contributed by atoms with Crippen LogP contribution in [0.3, 0.4) is 0 Å². The van der Waals surface area contributed by atoms with E-state index in [2.05, 4.69) is 22.4 Å². The fourth-order valence-corrected chi connectivity index (χ4v) is 5.94. The molecule has 0 aliphatic carbocycles. The van der Waals surface area contributed by atoms with Crippen LogP contribution < -0.4 is 0 Å². The van der Waals surface area contributed by atoms with Crippen molar-refractivity contribution in [2.75, 3.05) is 18.1 Å². The predicted octanol–water partition coefficient (Wildman–Crippen LogP) is 2.89. The van der Waals surface area contributed by atoms with E-state index in [-0.39, 0.29) is 23.3 Å². The minimum atomic E-state index is -2.90. The molecule has 0 N–H and O–H groups in total. The first-order valence-corrected chi connectivity index (χ1v) is 11.3. The van der Waals surface area contributed by atoms with E-state index in [1.165, 1.54) is 11.3 Å². The first kappa shape index (κ1) is 17.0. The lowest BCUT2D eigenvalue weighted by Gasteiger charge is -2.38. The van der Waals surface area contributed by atoms with Gasteiger partial charge < -0.3 is 4.90 Å². The monoisotopic (exact) mass is 355 g/mol. The first-order chi connectivity index (χ1) is 11.1. The van der Waals surface area contributed by atoms with E-state index in [1.807, 2.05) is 0 Å². The van der Waals surface area contributed by atoms with Gasteiger partial charge in [-0.05, 0) is 56.4 Å². The molecule has 0 aromatic carbocycles. The third-order valence-corrected chi connectivity index (χ3v) is 7.77. The number of amides is 1. The number of piperidine rings is 1. The maximum atomic E-state index is 12.9. The minimum absolute atomic E-state index is 0.0825. The number of nitrogens with zero attached hydrogens (tertiary/aromatic N) is 1. The zero-order valence-electron chi connectivity index (χ0n) is 13.4. The van der Waals surface area contributed by atoms with Crippen LogP contribution in [-0.4, -0.2) is 43.3 Å². The Hall–Kier alpha value is -0.880. The molecule has 1 unspecified atom stereocenters. The summed E-state index contributed by atoms with van der Waals surface area (Å²) in [6.07, 6.45) is 6.43. The molecule has 0 bridgehead atoms. The smallest absolute Gasteiger partial charge is 0.225 e. The number of hydrogen-bond donors (Lipinski definition) is 0. The second kappa shape index (κ2) is 7.34.